The Labute approximate surface area is 89.7 Å². The molecule has 0 saturated carbocycles. The van der Waals surface area contributed by atoms with Crippen LogP contribution in [0.1, 0.15) is 21.5 Å². The van der Waals surface area contributed by atoms with Gasteiger partial charge >= 0.3 is 0 Å². The summed E-state index contributed by atoms with van der Waals surface area (Å²) in [6, 6.07) is 5.40. The Kier molecular flexibility index (Phi) is 2.88. The fourth-order valence-corrected chi connectivity index (χ4v) is 1.79. The quantitative estimate of drug-likeness (QED) is 0.796. The summed E-state index contributed by atoms with van der Waals surface area (Å²) in [5.41, 5.74) is 6.73. The van der Waals surface area contributed by atoms with Gasteiger partial charge in [-0.25, -0.2) is 0 Å². The third-order valence-corrected chi connectivity index (χ3v) is 2.69. The molecule has 0 saturated heterocycles. The van der Waals surface area contributed by atoms with Gasteiger partial charge < -0.3 is 5.73 Å². The van der Waals surface area contributed by atoms with E-state index in [1.165, 1.54) is 0 Å². The lowest BCUT2D eigenvalue weighted by Gasteiger charge is -2.04. The van der Waals surface area contributed by atoms with Gasteiger partial charge in [-0.1, -0.05) is 0 Å². The molecule has 0 unspecified atom stereocenters. The molecule has 0 aliphatic heterocycles. The zero-order valence-corrected chi connectivity index (χ0v) is 9.12. The van der Waals surface area contributed by atoms with Gasteiger partial charge in [-0.3, -0.25) is 4.79 Å². The molecule has 4 heteroatoms. The highest BCUT2D eigenvalue weighted by Crippen LogP contribution is 2.18. The fraction of sp³-hybridized carbons (Fsp3) is 0.111. The summed E-state index contributed by atoms with van der Waals surface area (Å²) in [5.74, 6) is -0.495. The number of hydrogen-bond acceptors (Lipinski definition) is 2. The van der Waals surface area contributed by atoms with E-state index >= 15 is 0 Å². The van der Waals surface area contributed by atoms with Crippen LogP contribution in [-0.2, 0) is 0 Å². The molecular weight excluding hydrogens is 279 g/mol. The number of nitriles is 1. The number of primary amides is 1. The highest BCUT2D eigenvalue weighted by atomic mass is 127. The van der Waals surface area contributed by atoms with Crippen LogP contribution in [0.3, 0.4) is 0 Å². The van der Waals surface area contributed by atoms with Crippen molar-refractivity contribution >= 4 is 28.5 Å². The highest BCUT2D eigenvalue weighted by Gasteiger charge is 2.10. The molecule has 0 fully saturated rings. The number of nitrogens with zero attached hydrogens (tertiary/aromatic N) is 1. The van der Waals surface area contributed by atoms with Crippen molar-refractivity contribution in [3.8, 4) is 6.07 Å². The molecule has 0 spiro atoms. The zero-order chi connectivity index (χ0) is 10.0. The molecule has 1 rings (SSSR count). The summed E-state index contributed by atoms with van der Waals surface area (Å²) >= 11 is 2.05. The van der Waals surface area contributed by atoms with E-state index in [-0.39, 0.29) is 0 Å². The molecule has 2 N–H and O–H groups in total. The largest absolute Gasteiger partial charge is 0.366 e. The van der Waals surface area contributed by atoms with Crippen molar-refractivity contribution in [3.63, 3.8) is 0 Å². The summed E-state index contributed by atoms with van der Waals surface area (Å²) in [7, 11) is 0. The third kappa shape index (κ3) is 1.80. The van der Waals surface area contributed by atoms with Crippen molar-refractivity contribution in [3.05, 3.63) is 32.4 Å². The second-order valence-electron chi connectivity index (χ2n) is 2.57. The van der Waals surface area contributed by atoms with Gasteiger partial charge in [0.1, 0.15) is 6.07 Å². The third-order valence-electron chi connectivity index (χ3n) is 1.79. The van der Waals surface area contributed by atoms with Crippen molar-refractivity contribution < 1.29 is 4.79 Å². The number of halogens is 1. The first-order valence-corrected chi connectivity index (χ1v) is 4.64. The van der Waals surface area contributed by atoms with E-state index in [0.717, 1.165) is 3.57 Å². The van der Waals surface area contributed by atoms with Crippen molar-refractivity contribution in [1.29, 1.82) is 5.26 Å². The van der Waals surface area contributed by atoms with Crippen molar-refractivity contribution in [2.24, 2.45) is 5.73 Å². The lowest BCUT2D eigenvalue weighted by Crippen LogP contribution is -2.13. The number of carbonyl (C=O) groups is 1. The lowest BCUT2D eigenvalue weighted by atomic mass is 10.0. The number of hydrogen-bond donors (Lipinski definition) is 1. The minimum Gasteiger partial charge on any atom is -0.366 e. The maximum Gasteiger partial charge on any atom is 0.249 e. The van der Waals surface area contributed by atoms with Crippen LogP contribution in [0.25, 0.3) is 0 Å². The lowest BCUT2D eigenvalue weighted by molar-refractivity contribution is 0.0999. The molecule has 3 nitrogen and oxygen atoms in total. The summed E-state index contributed by atoms with van der Waals surface area (Å²) in [4.78, 5) is 10.9. The Morgan fingerprint density at radius 3 is 2.69 bits per heavy atom. The first-order valence-electron chi connectivity index (χ1n) is 3.57. The summed E-state index contributed by atoms with van der Waals surface area (Å²) in [5, 5.41) is 8.80. The highest BCUT2D eigenvalue weighted by molar-refractivity contribution is 14.1. The Hall–Kier alpha value is -1.09. The second-order valence-corrected chi connectivity index (χ2v) is 3.73. The first kappa shape index (κ1) is 9.99. The topological polar surface area (TPSA) is 66.9 Å². The molecule has 0 aliphatic rings. The van der Waals surface area contributed by atoms with Crippen LogP contribution >= 0.6 is 22.6 Å². The van der Waals surface area contributed by atoms with Crippen LogP contribution < -0.4 is 5.73 Å². The van der Waals surface area contributed by atoms with Crippen molar-refractivity contribution in [1.82, 2.24) is 0 Å². The van der Waals surface area contributed by atoms with Gasteiger partial charge in [-0.05, 0) is 47.2 Å². The molecule has 1 amide bonds. The monoisotopic (exact) mass is 286 g/mol. The van der Waals surface area contributed by atoms with Crippen LogP contribution in [0.5, 0.6) is 0 Å². The molecule has 0 aliphatic carbocycles. The summed E-state index contributed by atoms with van der Waals surface area (Å²) < 4.78 is 0.836. The molecule has 0 radical (unpaired) electrons. The minimum atomic E-state index is -0.495. The maximum atomic E-state index is 10.9. The molecule has 13 heavy (non-hydrogen) atoms. The first-order chi connectivity index (χ1) is 6.07. The molecule has 0 heterocycles. The maximum absolute atomic E-state index is 10.9. The number of carbonyl (C=O) groups excluding carboxylic acids is 1. The van der Waals surface area contributed by atoms with E-state index in [4.69, 9.17) is 11.0 Å². The van der Waals surface area contributed by atoms with Crippen molar-refractivity contribution in [2.45, 2.75) is 6.92 Å². The smallest absolute Gasteiger partial charge is 0.249 e. The van der Waals surface area contributed by atoms with Crippen molar-refractivity contribution in [2.75, 3.05) is 0 Å². The van der Waals surface area contributed by atoms with E-state index in [1.807, 2.05) is 6.07 Å². The van der Waals surface area contributed by atoms with Gasteiger partial charge in [0.05, 0.1) is 5.56 Å². The van der Waals surface area contributed by atoms with Gasteiger partial charge in [0.15, 0.2) is 0 Å². The summed E-state index contributed by atoms with van der Waals surface area (Å²) in [6.07, 6.45) is 0. The number of rotatable bonds is 1. The van der Waals surface area contributed by atoms with E-state index in [2.05, 4.69) is 22.6 Å². The van der Waals surface area contributed by atoms with Gasteiger partial charge in [0.25, 0.3) is 0 Å². The molecule has 1 aromatic rings. The predicted molar refractivity (Wildman–Crippen MR) is 57.1 cm³/mol. The standard InChI is InChI=1S/C9H7IN2O/c1-5-6(9(12)13)2-3-8(10)7(5)4-11/h2-3H,1H3,(H2,12,13). The normalized spacial score (nSPS) is 9.31. The average molecular weight is 286 g/mol. The van der Waals surface area contributed by atoms with Crippen LogP contribution in [0.15, 0.2) is 12.1 Å². The molecule has 0 bridgehead atoms. The van der Waals surface area contributed by atoms with Crippen LogP contribution in [0.2, 0.25) is 0 Å². The molecule has 0 atom stereocenters. The molecular formula is C9H7IN2O. The minimum absolute atomic E-state index is 0.414. The Morgan fingerprint density at radius 2 is 2.23 bits per heavy atom. The fourth-order valence-electron chi connectivity index (χ4n) is 1.08. The zero-order valence-electron chi connectivity index (χ0n) is 6.97. The Morgan fingerprint density at radius 1 is 1.62 bits per heavy atom. The van der Waals surface area contributed by atoms with Gasteiger partial charge in [0, 0.05) is 9.13 Å². The van der Waals surface area contributed by atoms with E-state index in [1.54, 1.807) is 19.1 Å². The van der Waals surface area contributed by atoms with E-state index < -0.39 is 5.91 Å². The molecule has 1 aromatic carbocycles. The number of amides is 1. The predicted octanol–water partition coefficient (Wildman–Crippen LogP) is 1.57. The molecule has 66 valence electrons. The van der Waals surface area contributed by atoms with Crippen LogP contribution in [-0.4, -0.2) is 5.91 Å². The van der Waals surface area contributed by atoms with E-state index in [9.17, 15) is 4.79 Å². The van der Waals surface area contributed by atoms with Gasteiger partial charge in [-0.2, -0.15) is 5.26 Å². The number of nitrogens with two attached hydrogens (primary N) is 1. The van der Waals surface area contributed by atoms with Gasteiger partial charge in [0.2, 0.25) is 5.91 Å². The Balaban J connectivity index is 3.47. The number of benzene rings is 1. The SMILES string of the molecule is Cc1c(C(N)=O)ccc(I)c1C#N. The van der Waals surface area contributed by atoms with Crippen LogP contribution in [0.4, 0.5) is 0 Å². The van der Waals surface area contributed by atoms with Crippen LogP contribution in [0, 0.1) is 21.8 Å². The second kappa shape index (κ2) is 3.75. The van der Waals surface area contributed by atoms with E-state index in [0.29, 0.717) is 16.7 Å². The summed E-state index contributed by atoms with van der Waals surface area (Å²) in [6.45, 7) is 1.72. The van der Waals surface area contributed by atoms with Gasteiger partial charge in [-0.15, -0.1) is 0 Å². The Bertz CT molecular complexity index is 407. The average Bonchev–Trinajstić information content (AvgIpc) is 2.04. The molecule has 0 aromatic heterocycles.